The van der Waals surface area contributed by atoms with E-state index in [9.17, 15) is 0 Å². The van der Waals surface area contributed by atoms with E-state index in [1.165, 1.54) is 0 Å². The number of hydrogen-bond acceptors (Lipinski definition) is 3. The molecule has 0 radical (unpaired) electrons. The molecule has 2 rings (SSSR count). The number of anilines is 2. The molecular formula is C12H17ClN2O. The van der Waals surface area contributed by atoms with Crippen molar-refractivity contribution in [2.24, 2.45) is 0 Å². The number of ether oxygens (including phenoxy) is 1. The van der Waals surface area contributed by atoms with E-state index in [-0.39, 0.29) is 5.54 Å². The van der Waals surface area contributed by atoms with Gasteiger partial charge in [-0.1, -0.05) is 11.6 Å². The summed E-state index contributed by atoms with van der Waals surface area (Å²) in [5.74, 6) is 0. The van der Waals surface area contributed by atoms with Crippen molar-refractivity contribution >= 4 is 23.0 Å². The van der Waals surface area contributed by atoms with Gasteiger partial charge in [-0.15, -0.1) is 0 Å². The summed E-state index contributed by atoms with van der Waals surface area (Å²) >= 11 is 5.95. The highest BCUT2D eigenvalue weighted by molar-refractivity contribution is 6.31. The Hall–Kier alpha value is -0.930. The lowest BCUT2D eigenvalue weighted by atomic mass is 9.94. The van der Waals surface area contributed by atoms with Gasteiger partial charge in [-0.3, -0.25) is 0 Å². The smallest absolute Gasteiger partial charge is 0.0693 e. The third kappa shape index (κ3) is 2.60. The molecular weight excluding hydrogens is 224 g/mol. The van der Waals surface area contributed by atoms with Gasteiger partial charge in [0.1, 0.15) is 0 Å². The summed E-state index contributed by atoms with van der Waals surface area (Å²) < 4.78 is 5.49. The van der Waals surface area contributed by atoms with Crippen LogP contribution in [0.4, 0.5) is 11.4 Å². The highest BCUT2D eigenvalue weighted by atomic mass is 35.5. The Morgan fingerprint density at radius 2 is 2.31 bits per heavy atom. The molecule has 0 bridgehead atoms. The summed E-state index contributed by atoms with van der Waals surface area (Å²) in [5, 5.41) is 4.12. The Morgan fingerprint density at radius 3 is 3.00 bits per heavy atom. The summed E-state index contributed by atoms with van der Waals surface area (Å²) in [4.78, 5) is 0. The maximum absolute atomic E-state index is 5.95. The summed E-state index contributed by atoms with van der Waals surface area (Å²) in [5.41, 5.74) is 7.47. The Balaban J connectivity index is 2.15. The van der Waals surface area contributed by atoms with Gasteiger partial charge in [-0.2, -0.15) is 0 Å². The summed E-state index contributed by atoms with van der Waals surface area (Å²) in [6.45, 7) is 3.70. The number of rotatable bonds is 2. The van der Waals surface area contributed by atoms with Gasteiger partial charge in [0.25, 0.3) is 0 Å². The topological polar surface area (TPSA) is 47.3 Å². The van der Waals surface area contributed by atoms with Crippen molar-refractivity contribution in [3.05, 3.63) is 23.2 Å². The lowest BCUT2D eigenvalue weighted by Crippen LogP contribution is -2.43. The predicted octanol–water partition coefficient (Wildman–Crippen LogP) is 2.90. The molecule has 3 N–H and O–H groups in total. The molecule has 0 amide bonds. The maximum Gasteiger partial charge on any atom is 0.0693 e. The second kappa shape index (κ2) is 4.52. The SMILES string of the molecule is CC1(Nc2cc(Cl)ccc2N)CCCOC1. The van der Waals surface area contributed by atoms with E-state index in [1.54, 1.807) is 6.07 Å². The molecule has 0 aliphatic carbocycles. The minimum Gasteiger partial charge on any atom is -0.397 e. The zero-order valence-electron chi connectivity index (χ0n) is 9.42. The average molecular weight is 241 g/mol. The van der Waals surface area contributed by atoms with E-state index in [0.29, 0.717) is 11.6 Å². The van der Waals surface area contributed by atoms with Crippen molar-refractivity contribution in [1.82, 2.24) is 0 Å². The molecule has 1 fully saturated rings. The van der Waals surface area contributed by atoms with Gasteiger partial charge in [0, 0.05) is 11.6 Å². The molecule has 1 aromatic rings. The van der Waals surface area contributed by atoms with Crippen LogP contribution in [0.5, 0.6) is 0 Å². The van der Waals surface area contributed by atoms with Gasteiger partial charge >= 0.3 is 0 Å². The van der Waals surface area contributed by atoms with Crippen molar-refractivity contribution < 1.29 is 4.74 Å². The molecule has 1 heterocycles. The Morgan fingerprint density at radius 1 is 1.50 bits per heavy atom. The first kappa shape index (κ1) is 11.6. The number of nitrogens with two attached hydrogens (primary N) is 1. The van der Waals surface area contributed by atoms with E-state index < -0.39 is 0 Å². The lowest BCUT2D eigenvalue weighted by molar-refractivity contribution is 0.0540. The highest BCUT2D eigenvalue weighted by Gasteiger charge is 2.27. The van der Waals surface area contributed by atoms with E-state index in [1.807, 2.05) is 12.1 Å². The molecule has 88 valence electrons. The van der Waals surface area contributed by atoms with Crippen LogP contribution in [0.1, 0.15) is 19.8 Å². The predicted molar refractivity (Wildman–Crippen MR) is 67.9 cm³/mol. The Bertz CT molecular complexity index is 375. The monoisotopic (exact) mass is 240 g/mol. The van der Waals surface area contributed by atoms with Gasteiger partial charge in [0.05, 0.1) is 23.5 Å². The van der Waals surface area contributed by atoms with Crippen LogP contribution < -0.4 is 11.1 Å². The van der Waals surface area contributed by atoms with E-state index in [2.05, 4.69) is 12.2 Å². The van der Waals surface area contributed by atoms with Gasteiger partial charge in [-0.25, -0.2) is 0 Å². The first-order valence-electron chi connectivity index (χ1n) is 5.50. The van der Waals surface area contributed by atoms with Crippen LogP contribution in [0.25, 0.3) is 0 Å². The fourth-order valence-electron chi connectivity index (χ4n) is 1.99. The molecule has 3 nitrogen and oxygen atoms in total. The van der Waals surface area contributed by atoms with E-state index in [4.69, 9.17) is 22.1 Å². The Kier molecular flexibility index (Phi) is 3.26. The fraction of sp³-hybridized carbons (Fsp3) is 0.500. The minimum absolute atomic E-state index is 0.0446. The summed E-state index contributed by atoms with van der Waals surface area (Å²) in [6.07, 6.45) is 2.16. The van der Waals surface area contributed by atoms with E-state index in [0.717, 1.165) is 30.8 Å². The molecule has 1 atom stereocenters. The minimum atomic E-state index is -0.0446. The van der Waals surface area contributed by atoms with Crippen LogP contribution in [0.2, 0.25) is 5.02 Å². The second-order valence-electron chi connectivity index (χ2n) is 4.57. The van der Waals surface area contributed by atoms with Gasteiger partial charge < -0.3 is 15.8 Å². The largest absolute Gasteiger partial charge is 0.397 e. The number of halogens is 1. The molecule has 0 aromatic heterocycles. The summed E-state index contributed by atoms with van der Waals surface area (Å²) in [7, 11) is 0. The van der Waals surface area contributed by atoms with Gasteiger partial charge in [-0.05, 0) is 38.0 Å². The van der Waals surface area contributed by atoms with Crippen LogP contribution in [0.15, 0.2) is 18.2 Å². The quantitative estimate of drug-likeness (QED) is 0.782. The van der Waals surface area contributed by atoms with Crippen LogP contribution >= 0.6 is 11.6 Å². The van der Waals surface area contributed by atoms with Gasteiger partial charge in [0.15, 0.2) is 0 Å². The average Bonchev–Trinajstić information content (AvgIpc) is 2.24. The highest BCUT2D eigenvalue weighted by Crippen LogP contribution is 2.29. The molecule has 0 saturated carbocycles. The third-order valence-corrected chi connectivity index (χ3v) is 3.12. The molecule has 4 heteroatoms. The molecule has 1 unspecified atom stereocenters. The maximum atomic E-state index is 5.95. The standard InChI is InChI=1S/C12H17ClN2O/c1-12(5-2-6-16-8-12)15-11-7-9(13)3-4-10(11)14/h3-4,7,15H,2,5-6,8,14H2,1H3. The van der Waals surface area contributed by atoms with E-state index >= 15 is 0 Å². The van der Waals surface area contributed by atoms with Crippen molar-refractivity contribution in [2.75, 3.05) is 24.3 Å². The third-order valence-electron chi connectivity index (χ3n) is 2.89. The Labute approximate surface area is 101 Å². The molecule has 1 aliphatic rings. The normalized spacial score (nSPS) is 25.4. The molecule has 1 aromatic carbocycles. The first-order chi connectivity index (χ1) is 7.59. The summed E-state index contributed by atoms with van der Waals surface area (Å²) in [6, 6.07) is 5.47. The van der Waals surface area contributed by atoms with Crippen LogP contribution in [-0.2, 0) is 4.74 Å². The van der Waals surface area contributed by atoms with Crippen molar-refractivity contribution in [2.45, 2.75) is 25.3 Å². The van der Waals surface area contributed by atoms with Crippen LogP contribution in [-0.4, -0.2) is 18.8 Å². The molecule has 1 saturated heterocycles. The fourth-order valence-corrected chi connectivity index (χ4v) is 2.17. The van der Waals surface area contributed by atoms with Crippen molar-refractivity contribution in [3.63, 3.8) is 0 Å². The van der Waals surface area contributed by atoms with Crippen molar-refractivity contribution in [1.29, 1.82) is 0 Å². The number of hydrogen-bond donors (Lipinski definition) is 2. The second-order valence-corrected chi connectivity index (χ2v) is 5.01. The van der Waals surface area contributed by atoms with Gasteiger partial charge in [0.2, 0.25) is 0 Å². The van der Waals surface area contributed by atoms with Crippen LogP contribution in [0.3, 0.4) is 0 Å². The van der Waals surface area contributed by atoms with Crippen molar-refractivity contribution in [3.8, 4) is 0 Å². The molecule has 0 spiro atoms. The lowest BCUT2D eigenvalue weighted by Gasteiger charge is -2.35. The zero-order chi connectivity index (χ0) is 11.6. The number of benzene rings is 1. The number of nitrogens with one attached hydrogen (secondary N) is 1. The number of nitrogen functional groups attached to an aromatic ring is 1. The van der Waals surface area contributed by atoms with Crippen LogP contribution in [0, 0.1) is 0 Å². The molecule has 16 heavy (non-hydrogen) atoms. The zero-order valence-corrected chi connectivity index (χ0v) is 10.2. The first-order valence-corrected chi connectivity index (χ1v) is 5.88. The molecule has 1 aliphatic heterocycles.